The Kier molecular flexibility index (Phi) is 4.95. The highest BCUT2D eigenvalue weighted by atomic mass is 17.1. The SMILES string of the molecule is CCC(OO)C(=O)OCC(C)(C)C. The highest BCUT2D eigenvalue weighted by molar-refractivity contribution is 5.74. The van der Waals surface area contributed by atoms with Crippen molar-refractivity contribution in [1.29, 1.82) is 0 Å². The Balaban J connectivity index is 3.86. The molecule has 0 aromatic carbocycles. The molecule has 0 radical (unpaired) electrons. The fourth-order valence-corrected chi connectivity index (χ4v) is 0.665. The highest BCUT2D eigenvalue weighted by Gasteiger charge is 2.21. The molecule has 1 unspecified atom stereocenters. The molecule has 4 heteroatoms. The molecule has 0 heterocycles. The summed E-state index contributed by atoms with van der Waals surface area (Å²) in [5.74, 6) is -0.514. The van der Waals surface area contributed by atoms with Gasteiger partial charge < -0.3 is 4.74 Å². The molecule has 0 saturated heterocycles. The van der Waals surface area contributed by atoms with Crippen LogP contribution >= 0.6 is 0 Å². The normalized spacial score (nSPS) is 13.9. The van der Waals surface area contributed by atoms with E-state index in [1.54, 1.807) is 6.92 Å². The van der Waals surface area contributed by atoms with Crippen LogP contribution in [-0.2, 0) is 14.4 Å². The fraction of sp³-hybridized carbons (Fsp3) is 0.889. The van der Waals surface area contributed by atoms with Crippen LogP contribution in [0.2, 0.25) is 0 Å². The van der Waals surface area contributed by atoms with E-state index in [0.29, 0.717) is 13.0 Å². The Morgan fingerprint density at radius 3 is 2.31 bits per heavy atom. The molecule has 0 fully saturated rings. The largest absolute Gasteiger partial charge is 0.463 e. The summed E-state index contributed by atoms with van der Waals surface area (Å²) >= 11 is 0. The van der Waals surface area contributed by atoms with Gasteiger partial charge in [0.1, 0.15) is 0 Å². The summed E-state index contributed by atoms with van der Waals surface area (Å²) in [5.41, 5.74) is -0.0661. The minimum Gasteiger partial charge on any atom is -0.463 e. The van der Waals surface area contributed by atoms with E-state index in [0.717, 1.165) is 0 Å². The standard InChI is InChI=1S/C9H18O4/c1-5-7(13-11)8(10)12-6-9(2,3)4/h7,11H,5-6H2,1-4H3. The van der Waals surface area contributed by atoms with Gasteiger partial charge in [-0.2, -0.15) is 0 Å². The first-order valence-corrected chi connectivity index (χ1v) is 4.37. The van der Waals surface area contributed by atoms with Crippen molar-refractivity contribution in [1.82, 2.24) is 0 Å². The summed E-state index contributed by atoms with van der Waals surface area (Å²) in [4.78, 5) is 15.1. The first kappa shape index (κ1) is 12.4. The van der Waals surface area contributed by atoms with Crippen molar-refractivity contribution in [2.24, 2.45) is 5.41 Å². The molecule has 0 rings (SSSR count). The molecular weight excluding hydrogens is 172 g/mol. The molecule has 1 atom stereocenters. The summed E-state index contributed by atoms with van der Waals surface area (Å²) in [7, 11) is 0. The smallest absolute Gasteiger partial charge is 0.338 e. The molecule has 0 amide bonds. The molecule has 0 bridgehead atoms. The van der Waals surface area contributed by atoms with Gasteiger partial charge >= 0.3 is 5.97 Å². The van der Waals surface area contributed by atoms with Crippen molar-refractivity contribution in [2.75, 3.05) is 6.61 Å². The van der Waals surface area contributed by atoms with Crippen LogP contribution in [0.25, 0.3) is 0 Å². The van der Waals surface area contributed by atoms with Crippen molar-refractivity contribution in [2.45, 2.75) is 40.2 Å². The summed E-state index contributed by atoms with van der Waals surface area (Å²) in [6.07, 6.45) is -0.457. The Hall–Kier alpha value is -0.610. The molecule has 4 nitrogen and oxygen atoms in total. The second-order valence-electron chi connectivity index (χ2n) is 4.17. The Morgan fingerprint density at radius 2 is 2.00 bits per heavy atom. The van der Waals surface area contributed by atoms with Gasteiger partial charge in [0.2, 0.25) is 0 Å². The number of esters is 1. The number of rotatable bonds is 4. The molecule has 0 aliphatic heterocycles. The molecule has 0 aliphatic carbocycles. The first-order valence-electron chi connectivity index (χ1n) is 4.37. The minimum atomic E-state index is -0.859. The van der Waals surface area contributed by atoms with E-state index in [1.165, 1.54) is 0 Å². The van der Waals surface area contributed by atoms with Gasteiger partial charge in [-0.3, -0.25) is 5.26 Å². The molecule has 78 valence electrons. The maximum Gasteiger partial charge on any atom is 0.338 e. The van der Waals surface area contributed by atoms with Gasteiger partial charge in [0.15, 0.2) is 6.10 Å². The van der Waals surface area contributed by atoms with Crippen molar-refractivity contribution in [3.63, 3.8) is 0 Å². The van der Waals surface area contributed by atoms with Crippen molar-refractivity contribution in [3.05, 3.63) is 0 Å². The number of ether oxygens (including phenoxy) is 1. The van der Waals surface area contributed by atoms with Crippen LogP contribution in [0.3, 0.4) is 0 Å². The second-order valence-corrected chi connectivity index (χ2v) is 4.17. The molecule has 0 aromatic rings. The van der Waals surface area contributed by atoms with Gasteiger partial charge in [-0.25, -0.2) is 9.68 Å². The number of hydrogen-bond acceptors (Lipinski definition) is 4. The monoisotopic (exact) mass is 190 g/mol. The third-order valence-corrected chi connectivity index (χ3v) is 1.41. The second kappa shape index (κ2) is 5.19. The molecular formula is C9H18O4. The van der Waals surface area contributed by atoms with E-state index in [-0.39, 0.29) is 5.41 Å². The topological polar surface area (TPSA) is 55.8 Å². The number of hydrogen-bond donors (Lipinski definition) is 1. The molecule has 0 spiro atoms. The number of carbonyl (C=O) groups is 1. The highest BCUT2D eigenvalue weighted by Crippen LogP contribution is 2.13. The summed E-state index contributed by atoms with van der Waals surface area (Å²) in [6.45, 7) is 7.94. The lowest BCUT2D eigenvalue weighted by Crippen LogP contribution is -2.28. The summed E-state index contributed by atoms with van der Waals surface area (Å²) in [6, 6.07) is 0. The van der Waals surface area contributed by atoms with Crippen LogP contribution in [0.5, 0.6) is 0 Å². The maximum atomic E-state index is 11.1. The summed E-state index contributed by atoms with van der Waals surface area (Å²) in [5, 5.41) is 8.33. The van der Waals surface area contributed by atoms with Crippen LogP contribution in [0.15, 0.2) is 0 Å². The Bertz CT molecular complexity index is 155. The molecule has 1 N–H and O–H groups in total. The molecule has 0 aromatic heterocycles. The first-order chi connectivity index (χ1) is 5.90. The predicted octanol–water partition coefficient (Wildman–Crippen LogP) is 1.84. The fourth-order valence-electron chi connectivity index (χ4n) is 0.665. The third-order valence-electron chi connectivity index (χ3n) is 1.41. The van der Waals surface area contributed by atoms with E-state index >= 15 is 0 Å². The van der Waals surface area contributed by atoms with Gasteiger partial charge in [-0.05, 0) is 11.8 Å². The minimum absolute atomic E-state index is 0.0661. The van der Waals surface area contributed by atoms with Crippen LogP contribution in [0.1, 0.15) is 34.1 Å². The van der Waals surface area contributed by atoms with E-state index in [2.05, 4.69) is 4.89 Å². The van der Waals surface area contributed by atoms with E-state index in [4.69, 9.17) is 9.99 Å². The van der Waals surface area contributed by atoms with Gasteiger partial charge in [-0.1, -0.05) is 27.7 Å². The Morgan fingerprint density at radius 1 is 1.46 bits per heavy atom. The lowest BCUT2D eigenvalue weighted by atomic mass is 9.99. The third kappa shape index (κ3) is 5.60. The summed E-state index contributed by atoms with van der Waals surface area (Å²) < 4.78 is 4.93. The molecule has 0 aliphatic rings. The Labute approximate surface area is 78.8 Å². The average Bonchev–Trinajstić information content (AvgIpc) is 2.02. The van der Waals surface area contributed by atoms with Gasteiger partial charge in [-0.15, -0.1) is 0 Å². The zero-order valence-electron chi connectivity index (χ0n) is 8.66. The van der Waals surface area contributed by atoms with Crippen molar-refractivity contribution in [3.8, 4) is 0 Å². The quantitative estimate of drug-likeness (QED) is 0.417. The van der Waals surface area contributed by atoms with Crippen LogP contribution in [-0.4, -0.2) is 23.9 Å². The zero-order valence-corrected chi connectivity index (χ0v) is 8.66. The van der Waals surface area contributed by atoms with E-state index in [9.17, 15) is 4.79 Å². The van der Waals surface area contributed by atoms with Crippen molar-refractivity contribution < 1.29 is 19.7 Å². The predicted molar refractivity (Wildman–Crippen MR) is 48.2 cm³/mol. The zero-order chi connectivity index (χ0) is 10.5. The lowest BCUT2D eigenvalue weighted by molar-refractivity contribution is -0.278. The van der Waals surface area contributed by atoms with Crippen molar-refractivity contribution >= 4 is 5.97 Å². The van der Waals surface area contributed by atoms with E-state index < -0.39 is 12.1 Å². The lowest BCUT2D eigenvalue weighted by Gasteiger charge is -2.19. The van der Waals surface area contributed by atoms with Gasteiger partial charge in [0.25, 0.3) is 0 Å². The van der Waals surface area contributed by atoms with Crippen LogP contribution in [0, 0.1) is 5.41 Å². The van der Waals surface area contributed by atoms with Gasteiger partial charge in [0.05, 0.1) is 6.61 Å². The molecule has 0 saturated carbocycles. The number of carbonyl (C=O) groups excluding carboxylic acids is 1. The average molecular weight is 190 g/mol. The van der Waals surface area contributed by atoms with Gasteiger partial charge in [0, 0.05) is 0 Å². The van der Waals surface area contributed by atoms with Crippen LogP contribution in [0.4, 0.5) is 0 Å². The van der Waals surface area contributed by atoms with Crippen LogP contribution < -0.4 is 0 Å². The molecule has 13 heavy (non-hydrogen) atoms. The maximum absolute atomic E-state index is 11.1. The van der Waals surface area contributed by atoms with E-state index in [1.807, 2.05) is 20.8 Å².